The molecule has 1 N–H and O–H groups in total. The molecule has 0 aliphatic carbocycles. The van der Waals surface area contributed by atoms with E-state index in [1.165, 1.54) is 0 Å². The van der Waals surface area contributed by atoms with Crippen LogP contribution < -0.4 is 10.2 Å². The Kier molecular flexibility index (Phi) is 5.44. The molecule has 0 bridgehead atoms. The number of likely N-dealkylation sites (tertiary alicyclic amines) is 1. The van der Waals surface area contributed by atoms with Crippen LogP contribution in [0.1, 0.15) is 52.8 Å². The number of nitrogens with one attached hydrogen (secondary N) is 1. The SMILES string of the molecule is O=C1CCC(N2C(=O)c3ccc(N4CCC(CN5CCCC(F)C5)C4)cc3C2=O)C(=O)N1. The molecule has 0 spiro atoms. The van der Waals surface area contributed by atoms with E-state index in [4.69, 9.17) is 0 Å². The van der Waals surface area contributed by atoms with Crippen molar-refractivity contribution in [2.45, 2.75) is 44.3 Å². The average molecular weight is 442 g/mol. The highest BCUT2D eigenvalue weighted by molar-refractivity contribution is 6.23. The summed E-state index contributed by atoms with van der Waals surface area (Å²) in [6, 6.07) is 4.28. The number of halogens is 1. The van der Waals surface area contributed by atoms with Crippen molar-refractivity contribution in [2.24, 2.45) is 5.92 Å². The number of anilines is 1. The van der Waals surface area contributed by atoms with E-state index < -0.39 is 29.9 Å². The third-order valence-corrected chi connectivity index (χ3v) is 7.04. The van der Waals surface area contributed by atoms with Crippen LogP contribution in [0.3, 0.4) is 0 Å². The number of hydrogen-bond acceptors (Lipinski definition) is 6. The van der Waals surface area contributed by atoms with Crippen LogP contribution in [-0.4, -0.2) is 78.4 Å². The minimum Gasteiger partial charge on any atom is -0.371 e. The van der Waals surface area contributed by atoms with Crippen molar-refractivity contribution >= 4 is 29.3 Å². The number of nitrogens with zero attached hydrogens (tertiary/aromatic N) is 3. The standard InChI is InChI=1S/C23H27FN4O4/c24-15-2-1-8-26(13-15)11-14-7-9-27(12-14)16-3-4-17-18(10-16)23(32)28(22(17)31)19-5-6-20(29)25-21(19)30/h3-4,10,14-15,19H,1-2,5-9,11-13H2,(H,25,29,30). The van der Waals surface area contributed by atoms with Crippen LogP contribution in [0, 0.1) is 5.92 Å². The molecule has 8 nitrogen and oxygen atoms in total. The summed E-state index contributed by atoms with van der Waals surface area (Å²) < 4.78 is 13.7. The van der Waals surface area contributed by atoms with E-state index in [9.17, 15) is 23.6 Å². The van der Waals surface area contributed by atoms with Gasteiger partial charge < -0.3 is 9.80 Å². The van der Waals surface area contributed by atoms with Gasteiger partial charge in [-0.2, -0.15) is 0 Å². The Morgan fingerprint density at radius 1 is 0.969 bits per heavy atom. The van der Waals surface area contributed by atoms with Crippen LogP contribution in [0.4, 0.5) is 10.1 Å². The van der Waals surface area contributed by atoms with Gasteiger partial charge in [0, 0.05) is 38.3 Å². The normalized spacial score (nSPS) is 29.0. The molecule has 3 unspecified atom stereocenters. The molecule has 9 heteroatoms. The van der Waals surface area contributed by atoms with Crippen molar-refractivity contribution in [1.29, 1.82) is 0 Å². The zero-order valence-corrected chi connectivity index (χ0v) is 17.9. The van der Waals surface area contributed by atoms with Crippen LogP contribution in [0.2, 0.25) is 0 Å². The van der Waals surface area contributed by atoms with E-state index >= 15 is 0 Å². The van der Waals surface area contributed by atoms with Crippen molar-refractivity contribution in [1.82, 2.24) is 15.1 Å². The number of fused-ring (bicyclic) bond motifs is 1. The van der Waals surface area contributed by atoms with Crippen molar-refractivity contribution < 1.29 is 23.6 Å². The fraction of sp³-hybridized carbons (Fsp3) is 0.565. The molecule has 4 aliphatic heterocycles. The monoisotopic (exact) mass is 442 g/mol. The van der Waals surface area contributed by atoms with Crippen molar-refractivity contribution in [3.63, 3.8) is 0 Å². The fourth-order valence-electron chi connectivity index (χ4n) is 5.40. The molecule has 4 amide bonds. The van der Waals surface area contributed by atoms with Gasteiger partial charge in [-0.3, -0.25) is 29.4 Å². The van der Waals surface area contributed by atoms with Gasteiger partial charge in [0.2, 0.25) is 11.8 Å². The van der Waals surface area contributed by atoms with Gasteiger partial charge >= 0.3 is 0 Å². The molecule has 0 saturated carbocycles. The zero-order valence-electron chi connectivity index (χ0n) is 17.9. The topological polar surface area (TPSA) is 90.0 Å². The molecule has 0 aromatic heterocycles. The summed E-state index contributed by atoms with van der Waals surface area (Å²) >= 11 is 0. The van der Waals surface area contributed by atoms with Crippen LogP contribution in [-0.2, 0) is 9.59 Å². The molecule has 3 fully saturated rings. The zero-order chi connectivity index (χ0) is 22.4. The van der Waals surface area contributed by atoms with Gasteiger partial charge in [-0.1, -0.05) is 0 Å². The Hall–Kier alpha value is -2.81. The van der Waals surface area contributed by atoms with Crippen molar-refractivity contribution in [3.05, 3.63) is 29.3 Å². The van der Waals surface area contributed by atoms with Gasteiger partial charge in [-0.15, -0.1) is 0 Å². The number of carbonyl (C=O) groups is 4. The summed E-state index contributed by atoms with van der Waals surface area (Å²) in [6.45, 7) is 4.01. The number of carbonyl (C=O) groups excluding carboxylic acids is 4. The Morgan fingerprint density at radius 3 is 2.56 bits per heavy atom. The molecular weight excluding hydrogens is 415 g/mol. The highest BCUT2D eigenvalue weighted by Gasteiger charge is 2.44. The summed E-state index contributed by atoms with van der Waals surface area (Å²) in [5.41, 5.74) is 1.47. The predicted molar refractivity (Wildman–Crippen MR) is 114 cm³/mol. The molecule has 1 aromatic carbocycles. The first-order chi connectivity index (χ1) is 15.4. The van der Waals surface area contributed by atoms with Gasteiger partial charge in [-0.25, -0.2) is 4.39 Å². The number of hydrogen-bond donors (Lipinski definition) is 1. The van der Waals surface area contributed by atoms with Crippen molar-refractivity contribution in [2.75, 3.05) is 37.6 Å². The summed E-state index contributed by atoms with van der Waals surface area (Å²) in [6.07, 6.45) is 2.08. The predicted octanol–water partition coefficient (Wildman–Crippen LogP) is 1.35. The summed E-state index contributed by atoms with van der Waals surface area (Å²) in [5, 5.41) is 2.21. The minimum absolute atomic E-state index is 0.102. The maximum absolute atomic E-state index is 13.7. The number of benzene rings is 1. The van der Waals surface area contributed by atoms with Gasteiger partial charge in [0.1, 0.15) is 12.2 Å². The lowest BCUT2D eigenvalue weighted by Crippen LogP contribution is -2.54. The third-order valence-electron chi connectivity index (χ3n) is 7.04. The third kappa shape index (κ3) is 3.79. The van der Waals surface area contributed by atoms with Gasteiger partial charge in [0.15, 0.2) is 0 Å². The highest BCUT2D eigenvalue weighted by atomic mass is 19.1. The molecular formula is C23H27FN4O4. The summed E-state index contributed by atoms with van der Waals surface area (Å²) in [5.74, 6) is -1.53. The Labute approximate surface area is 185 Å². The maximum atomic E-state index is 13.7. The lowest BCUT2D eigenvalue weighted by Gasteiger charge is -2.31. The first-order valence-electron chi connectivity index (χ1n) is 11.4. The van der Waals surface area contributed by atoms with Crippen LogP contribution in [0.5, 0.6) is 0 Å². The Morgan fingerprint density at radius 2 is 1.78 bits per heavy atom. The molecule has 32 heavy (non-hydrogen) atoms. The smallest absolute Gasteiger partial charge is 0.262 e. The van der Waals surface area contributed by atoms with E-state index in [1.807, 2.05) is 6.07 Å². The van der Waals surface area contributed by atoms with E-state index in [2.05, 4.69) is 15.1 Å². The quantitative estimate of drug-likeness (QED) is 0.708. The van der Waals surface area contributed by atoms with Crippen molar-refractivity contribution in [3.8, 4) is 0 Å². The molecule has 170 valence electrons. The average Bonchev–Trinajstić information content (AvgIpc) is 3.32. The lowest BCUT2D eigenvalue weighted by molar-refractivity contribution is -0.136. The van der Waals surface area contributed by atoms with Crippen LogP contribution in [0.25, 0.3) is 0 Å². The second kappa shape index (κ2) is 8.27. The number of imide groups is 2. The molecule has 1 aromatic rings. The number of alkyl halides is 1. The molecule has 3 saturated heterocycles. The molecule has 4 aliphatic rings. The summed E-state index contributed by atoms with van der Waals surface area (Å²) in [7, 11) is 0. The van der Waals surface area contributed by atoms with Gasteiger partial charge in [0.05, 0.1) is 11.1 Å². The Balaban J connectivity index is 1.28. The lowest BCUT2D eigenvalue weighted by atomic mass is 10.0. The first kappa shape index (κ1) is 21.1. The number of amides is 4. The van der Waals surface area contributed by atoms with E-state index in [0.29, 0.717) is 30.0 Å². The largest absolute Gasteiger partial charge is 0.371 e. The van der Waals surface area contributed by atoms with Gasteiger partial charge in [0.25, 0.3) is 11.8 Å². The van der Waals surface area contributed by atoms with Crippen LogP contribution >= 0.6 is 0 Å². The van der Waals surface area contributed by atoms with Gasteiger partial charge in [-0.05, 0) is 56.3 Å². The molecule has 5 rings (SSSR count). The second-order valence-corrected chi connectivity index (χ2v) is 9.28. The van der Waals surface area contributed by atoms with E-state index in [1.54, 1.807) is 12.1 Å². The number of piperidine rings is 2. The molecule has 0 radical (unpaired) electrons. The minimum atomic E-state index is -0.955. The molecule has 3 atom stereocenters. The maximum Gasteiger partial charge on any atom is 0.262 e. The first-order valence-corrected chi connectivity index (χ1v) is 11.4. The van der Waals surface area contributed by atoms with E-state index in [0.717, 1.165) is 49.6 Å². The fourth-order valence-corrected chi connectivity index (χ4v) is 5.40. The number of rotatable bonds is 4. The van der Waals surface area contributed by atoms with Crippen LogP contribution in [0.15, 0.2) is 18.2 Å². The van der Waals surface area contributed by atoms with E-state index in [-0.39, 0.29) is 18.7 Å². The molecule has 4 heterocycles. The highest BCUT2D eigenvalue weighted by Crippen LogP contribution is 2.32. The summed E-state index contributed by atoms with van der Waals surface area (Å²) in [4.78, 5) is 54.9. The Bertz CT molecular complexity index is 983. The second-order valence-electron chi connectivity index (χ2n) is 9.28.